The summed E-state index contributed by atoms with van der Waals surface area (Å²) in [5.74, 6) is 0.540. The van der Waals surface area contributed by atoms with E-state index < -0.39 is 15.3 Å². The molecule has 0 aliphatic heterocycles. The number of rotatable bonds is 9. The van der Waals surface area contributed by atoms with Crippen molar-refractivity contribution in [3.63, 3.8) is 0 Å². The van der Waals surface area contributed by atoms with Crippen molar-refractivity contribution in [3.05, 3.63) is 71.3 Å². The Morgan fingerprint density at radius 1 is 1.11 bits per heavy atom. The lowest BCUT2D eigenvalue weighted by Gasteiger charge is -2.22. The van der Waals surface area contributed by atoms with Gasteiger partial charge in [0.25, 0.3) is 0 Å². The maximum Gasteiger partial charge on any atom is 0.179 e. The molecule has 2 aromatic rings. The third-order valence-electron chi connectivity index (χ3n) is 4.73. The number of hydrogen-bond acceptors (Lipinski definition) is 4. The fourth-order valence-corrected chi connectivity index (χ4v) is 5.17. The molecule has 0 aromatic heterocycles. The number of sulfone groups is 1. The quantitative estimate of drug-likeness (QED) is 0.458. The summed E-state index contributed by atoms with van der Waals surface area (Å²) in [5.41, 5.74) is 1.78. The molecule has 0 aliphatic carbocycles. The van der Waals surface area contributed by atoms with Gasteiger partial charge in [0.2, 0.25) is 0 Å². The molecule has 2 aromatic carbocycles. The highest BCUT2D eigenvalue weighted by Gasteiger charge is 2.32. The molecule has 0 spiro atoms. The number of aldehydes is 1. The maximum atomic E-state index is 13.2. The van der Waals surface area contributed by atoms with Crippen LogP contribution in [0, 0.1) is 12.3 Å². The van der Waals surface area contributed by atoms with Gasteiger partial charge in [0, 0.05) is 5.41 Å². The molecule has 0 amide bonds. The predicted molar refractivity (Wildman–Crippen MR) is 113 cm³/mol. The minimum absolute atomic E-state index is 0.216. The Bertz CT molecular complexity index is 943. The van der Waals surface area contributed by atoms with E-state index in [1.54, 1.807) is 26.2 Å². The average Bonchev–Trinajstić information content (AvgIpc) is 2.66. The number of aryl methyl sites for hydroxylation is 1. The Labute approximate surface area is 168 Å². The lowest BCUT2D eigenvalue weighted by molar-refractivity contribution is -0.114. The summed E-state index contributed by atoms with van der Waals surface area (Å²) in [6, 6.07) is 12.9. The normalized spacial score (nSPS) is 14.0. The summed E-state index contributed by atoms with van der Waals surface area (Å²) in [6.45, 7) is 5.48. The summed E-state index contributed by atoms with van der Waals surface area (Å²) in [5, 5.41) is 0. The van der Waals surface area contributed by atoms with Gasteiger partial charge in [0.05, 0.1) is 17.8 Å². The van der Waals surface area contributed by atoms with Gasteiger partial charge in [-0.15, -0.1) is 0 Å². The summed E-state index contributed by atoms with van der Waals surface area (Å²) < 4.78 is 31.6. The highest BCUT2D eigenvalue weighted by molar-refractivity contribution is 7.91. The van der Waals surface area contributed by atoms with Crippen molar-refractivity contribution in [2.24, 2.45) is 5.41 Å². The largest absolute Gasteiger partial charge is 0.497 e. The standard InChI is InChI=1S/C23H28O4S/c1-5-6-13-23(3,16-24)17-28(25,26)22-12-7-18(2)14-20(22)15-19-8-10-21(27-4)11-9-19/h5-12,14,16H,13,15,17H2,1-4H3/b6-5+. The zero-order valence-electron chi connectivity index (χ0n) is 16.9. The molecule has 1 unspecified atom stereocenters. The monoisotopic (exact) mass is 400 g/mol. The fraction of sp³-hybridized carbons (Fsp3) is 0.348. The minimum atomic E-state index is -3.63. The van der Waals surface area contributed by atoms with Crippen molar-refractivity contribution in [2.75, 3.05) is 12.9 Å². The number of hydrogen-bond donors (Lipinski definition) is 0. The van der Waals surface area contributed by atoms with Gasteiger partial charge in [-0.25, -0.2) is 8.42 Å². The van der Waals surface area contributed by atoms with Gasteiger partial charge in [-0.05, 0) is 56.0 Å². The highest BCUT2D eigenvalue weighted by atomic mass is 32.2. The first kappa shape index (κ1) is 21.9. The van der Waals surface area contributed by atoms with E-state index in [0.29, 0.717) is 17.7 Å². The van der Waals surface area contributed by atoms with Crippen molar-refractivity contribution < 1.29 is 17.9 Å². The lowest BCUT2D eigenvalue weighted by Crippen LogP contribution is -2.29. The van der Waals surface area contributed by atoms with Crippen molar-refractivity contribution >= 4 is 16.1 Å². The van der Waals surface area contributed by atoms with Crippen LogP contribution >= 0.6 is 0 Å². The first-order chi connectivity index (χ1) is 13.2. The van der Waals surface area contributed by atoms with E-state index in [4.69, 9.17) is 4.74 Å². The SMILES string of the molecule is C/C=C/CC(C)(C=O)CS(=O)(=O)c1ccc(C)cc1Cc1ccc(OC)cc1. The van der Waals surface area contributed by atoms with Crippen LogP contribution in [0.2, 0.25) is 0 Å². The van der Waals surface area contributed by atoms with E-state index in [-0.39, 0.29) is 5.75 Å². The number of methoxy groups -OCH3 is 1. The Kier molecular flexibility index (Phi) is 7.19. The van der Waals surface area contributed by atoms with Crippen molar-refractivity contribution in [1.82, 2.24) is 0 Å². The van der Waals surface area contributed by atoms with E-state index in [1.807, 2.05) is 56.3 Å². The Morgan fingerprint density at radius 2 is 1.79 bits per heavy atom. The lowest BCUT2D eigenvalue weighted by atomic mass is 9.91. The molecule has 28 heavy (non-hydrogen) atoms. The summed E-state index contributed by atoms with van der Waals surface area (Å²) >= 11 is 0. The molecule has 150 valence electrons. The van der Waals surface area contributed by atoms with Gasteiger partial charge in [-0.2, -0.15) is 0 Å². The molecule has 0 saturated heterocycles. The Morgan fingerprint density at radius 3 is 2.36 bits per heavy atom. The molecule has 0 N–H and O–H groups in total. The second kappa shape index (κ2) is 9.20. The second-order valence-electron chi connectivity index (χ2n) is 7.44. The third kappa shape index (κ3) is 5.55. The van der Waals surface area contributed by atoms with Gasteiger partial charge >= 0.3 is 0 Å². The van der Waals surface area contributed by atoms with E-state index in [9.17, 15) is 13.2 Å². The van der Waals surface area contributed by atoms with E-state index in [1.165, 1.54) is 0 Å². The molecule has 0 bridgehead atoms. The Hall–Kier alpha value is -2.40. The average molecular weight is 401 g/mol. The topological polar surface area (TPSA) is 60.4 Å². The third-order valence-corrected chi connectivity index (χ3v) is 6.84. The molecular weight excluding hydrogens is 372 g/mol. The Balaban J connectivity index is 2.39. The van der Waals surface area contributed by atoms with Crippen LogP contribution in [0.1, 0.15) is 37.0 Å². The first-order valence-electron chi connectivity index (χ1n) is 9.26. The zero-order chi connectivity index (χ0) is 20.8. The molecule has 0 heterocycles. The van der Waals surface area contributed by atoms with E-state index >= 15 is 0 Å². The van der Waals surface area contributed by atoms with Crippen LogP contribution < -0.4 is 4.74 Å². The molecule has 0 aliphatic rings. The van der Waals surface area contributed by atoms with Gasteiger partial charge in [0.15, 0.2) is 9.84 Å². The summed E-state index contributed by atoms with van der Waals surface area (Å²) in [7, 11) is -2.02. The highest BCUT2D eigenvalue weighted by Crippen LogP contribution is 2.29. The summed E-state index contributed by atoms with van der Waals surface area (Å²) in [4.78, 5) is 11.9. The zero-order valence-corrected chi connectivity index (χ0v) is 17.8. The molecule has 0 fully saturated rings. The number of ether oxygens (including phenoxy) is 1. The van der Waals surface area contributed by atoms with Crippen molar-refractivity contribution in [3.8, 4) is 5.75 Å². The number of carbonyl (C=O) groups is 1. The first-order valence-corrected chi connectivity index (χ1v) is 10.9. The molecule has 4 nitrogen and oxygen atoms in total. The van der Waals surface area contributed by atoms with Gasteiger partial charge < -0.3 is 9.53 Å². The van der Waals surface area contributed by atoms with Crippen molar-refractivity contribution in [2.45, 2.75) is 38.5 Å². The minimum Gasteiger partial charge on any atom is -0.497 e. The van der Waals surface area contributed by atoms with Gasteiger partial charge in [-0.3, -0.25) is 0 Å². The van der Waals surface area contributed by atoms with Crippen molar-refractivity contribution in [1.29, 1.82) is 0 Å². The van der Waals surface area contributed by atoms with Crippen LogP contribution in [0.25, 0.3) is 0 Å². The van der Waals surface area contributed by atoms with Crippen LogP contribution in [0.3, 0.4) is 0 Å². The molecule has 1 atom stereocenters. The fourth-order valence-electron chi connectivity index (χ4n) is 3.15. The van der Waals surface area contributed by atoms with Crippen LogP contribution in [0.15, 0.2) is 59.5 Å². The van der Waals surface area contributed by atoms with Crippen LogP contribution in [-0.2, 0) is 21.1 Å². The van der Waals surface area contributed by atoms with Crippen LogP contribution in [-0.4, -0.2) is 27.6 Å². The number of benzene rings is 2. The molecular formula is C23H28O4S. The maximum absolute atomic E-state index is 13.2. The number of allylic oxidation sites excluding steroid dienone is 2. The van der Waals surface area contributed by atoms with Crippen LogP contribution in [0.4, 0.5) is 0 Å². The van der Waals surface area contributed by atoms with Gasteiger partial charge in [-0.1, -0.05) is 48.9 Å². The molecule has 0 saturated carbocycles. The molecule has 5 heteroatoms. The molecule has 2 rings (SSSR count). The summed E-state index contributed by atoms with van der Waals surface area (Å²) in [6.07, 6.45) is 5.30. The smallest absolute Gasteiger partial charge is 0.179 e. The number of carbonyl (C=O) groups excluding carboxylic acids is 1. The predicted octanol–water partition coefficient (Wildman–Crippen LogP) is 4.54. The van der Waals surface area contributed by atoms with Gasteiger partial charge in [0.1, 0.15) is 12.0 Å². The van der Waals surface area contributed by atoms with E-state index in [0.717, 1.165) is 28.7 Å². The van der Waals surface area contributed by atoms with Crippen LogP contribution in [0.5, 0.6) is 5.75 Å². The molecule has 0 radical (unpaired) electrons. The second-order valence-corrected chi connectivity index (χ2v) is 9.40. The van der Waals surface area contributed by atoms with E-state index in [2.05, 4.69) is 0 Å².